The molecule has 1 aliphatic rings. The number of amides is 1. The zero-order valence-corrected chi connectivity index (χ0v) is 12.9. The van der Waals surface area contributed by atoms with E-state index in [0.29, 0.717) is 19.3 Å². The molecule has 1 aliphatic heterocycles. The lowest BCUT2D eigenvalue weighted by Gasteiger charge is -2.36. The average Bonchev–Trinajstić information content (AvgIpc) is 2.48. The van der Waals surface area contributed by atoms with Crippen LogP contribution in [0.2, 0.25) is 0 Å². The average molecular weight is 285 g/mol. The Morgan fingerprint density at radius 3 is 2.76 bits per heavy atom. The van der Waals surface area contributed by atoms with Crippen LogP contribution in [-0.4, -0.2) is 36.5 Å². The summed E-state index contributed by atoms with van der Waals surface area (Å²) in [5.41, 5.74) is 1.70. The Morgan fingerprint density at radius 1 is 1.43 bits per heavy atom. The van der Waals surface area contributed by atoms with Crippen LogP contribution in [0.25, 0.3) is 0 Å². The summed E-state index contributed by atoms with van der Waals surface area (Å²) in [4.78, 5) is 14.3. The van der Waals surface area contributed by atoms with Crippen molar-refractivity contribution in [2.24, 2.45) is 0 Å². The van der Waals surface area contributed by atoms with Crippen LogP contribution in [-0.2, 0) is 11.2 Å². The summed E-state index contributed by atoms with van der Waals surface area (Å²) >= 11 is 0. The number of nitriles is 1. The van der Waals surface area contributed by atoms with Crippen LogP contribution in [0.5, 0.6) is 0 Å². The molecular formula is C17H23N3O. The van der Waals surface area contributed by atoms with Crippen LogP contribution in [0.3, 0.4) is 0 Å². The number of rotatable bonds is 4. The summed E-state index contributed by atoms with van der Waals surface area (Å²) < 4.78 is 0. The molecule has 0 bridgehead atoms. The molecule has 4 nitrogen and oxygen atoms in total. The molecule has 1 aromatic rings. The topological polar surface area (TPSA) is 56.1 Å². The number of carbonyl (C=O) groups is 1. The lowest BCUT2D eigenvalue weighted by molar-refractivity contribution is -0.122. The van der Waals surface area contributed by atoms with Crippen LogP contribution >= 0.6 is 0 Å². The van der Waals surface area contributed by atoms with Gasteiger partial charge in [0.2, 0.25) is 5.91 Å². The minimum atomic E-state index is -0.670. The number of aryl methyl sites for hydroxylation is 2. The van der Waals surface area contributed by atoms with Crippen molar-refractivity contribution in [1.82, 2.24) is 10.2 Å². The monoisotopic (exact) mass is 285 g/mol. The summed E-state index contributed by atoms with van der Waals surface area (Å²) in [6.07, 6.45) is 2.56. The number of benzene rings is 1. The van der Waals surface area contributed by atoms with Gasteiger partial charge in [0.15, 0.2) is 0 Å². The van der Waals surface area contributed by atoms with E-state index in [-0.39, 0.29) is 5.91 Å². The molecule has 1 aromatic carbocycles. The van der Waals surface area contributed by atoms with Crippen molar-refractivity contribution in [1.29, 1.82) is 5.26 Å². The molecule has 1 fully saturated rings. The number of nitrogens with zero attached hydrogens (tertiary/aromatic N) is 2. The van der Waals surface area contributed by atoms with E-state index in [1.807, 2.05) is 32.2 Å². The fourth-order valence-electron chi connectivity index (χ4n) is 2.72. The third kappa shape index (κ3) is 4.30. The fraction of sp³-hybridized carbons (Fsp3) is 0.529. The minimum Gasteiger partial charge on any atom is -0.338 e. The summed E-state index contributed by atoms with van der Waals surface area (Å²) in [6.45, 7) is 3.75. The van der Waals surface area contributed by atoms with Gasteiger partial charge in [0.05, 0.1) is 6.07 Å². The van der Waals surface area contributed by atoms with Gasteiger partial charge < -0.3 is 10.2 Å². The first-order valence-electron chi connectivity index (χ1n) is 7.49. The molecule has 0 saturated carbocycles. The van der Waals surface area contributed by atoms with Gasteiger partial charge in [-0.3, -0.25) is 4.79 Å². The zero-order valence-electron chi connectivity index (χ0n) is 12.9. The van der Waals surface area contributed by atoms with Crippen LogP contribution in [0, 0.1) is 18.3 Å². The summed E-state index contributed by atoms with van der Waals surface area (Å²) in [5.74, 6) is -0.0254. The first-order valence-corrected chi connectivity index (χ1v) is 7.49. The Kier molecular flexibility index (Phi) is 4.98. The van der Waals surface area contributed by atoms with Crippen molar-refractivity contribution in [2.75, 3.05) is 20.1 Å². The molecule has 112 valence electrons. The maximum atomic E-state index is 12.1. The van der Waals surface area contributed by atoms with Crippen LogP contribution in [0.1, 0.15) is 30.4 Å². The number of carbonyl (C=O) groups excluding carboxylic acids is 1. The molecule has 0 spiro atoms. The standard InChI is InChI=1S/C17H23N3O/c1-14-4-3-5-15(12-14)6-7-16(21)19-17(13-18)8-10-20(2)11-9-17/h3-5,12H,6-11H2,1-2H3,(H,19,21). The second-order valence-corrected chi connectivity index (χ2v) is 6.03. The van der Waals surface area contributed by atoms with E-state index in [1.54, 1.807) is 0 Å². The van der Waals surface area contributed by atoms with Crippen molar-refractivity contribution in [3.05, 3.63) is 35.4 Å². The van der Waals surface area contributed by atoms with E-state index >= 15 is 0 Å². The SMILES string of the molecule is Cc1cccc(CCC(=O)NC2(C#N)CCN(C)CC2)c1. The minimum absolute atomic E-state index is 0.0254. The van der Waals surface area contributed by atoms with Gasteiger partial charge in [0, 0.05) is 19.5 Å². The molecule has 1 amide bonds. The number of hydrogen-bond acceptors (Lipinski definition) is 3. The fourth-order valence-corrected chi connectivity index (χ4v) is 2.72. The van der Waals surface area contributed by atoms with Crippen molar-refractivity contribution in [2.45, 2.75) is 38.1 Å². The molecule has 0 aromatic heterocycles. The number of likely N-dealkylation sites (tertiary alicyclic amines) is 1. The third-order valence-corrected chi connectivity index (χ3v) is 4.16. The smallest absolute Gasteiger partial charge is 0.221 e. The van der Waals surface area contributed by atoms with E-state index in [0.717, 1.165) is 19.5 Å². The second kappa shape index (κ2) is 6.73. The Balaban J connectivity index is 1.87. The highest BCUT2D eigenvalue weighted by molar-refractivity contribution is 5.77. The molecule has 2 rings (SSSR count). The van der Waals surface area contributed by atoms with E-state index in [9.17, 15) is 10.1 Å². The highest BCUT2D eigenvalue weighted by atomic mass is 16.1. The van der Waals surface area contributed by atoms with Crippen LogP contribution in [0.15, 0.2) is 24.3 Å². The highest BCUT2D eigenvalue weighted by Crippen LogP contribution is 2.21. The van der Waals surface area contributed by atoms with Gasteiger partial charge in [-0.1, -0.05) is 29.8 Å². The van der Waals surface area contributed by atoms with E-state index < -0.39 is 5.54 Å². The van der Waals surface area contributed by atoms with Gasteiger partial charge >= 0.3 is 0 Å². The molecular weight excluding hydrogens is 262 g/mol. The molecule has 4 heteroatoms. The first kappa shape index (κ1) is 15.5. The van der Waals surface area contributed by atoms with Crippen molar-refractivity contribution < 1.29 is 4.79 Å². The largest absolute Gasteiger partial charge is 0.338 e. The Hall–Kier alpha value is -1.86. The molecule has 0 atom stereocenters. The van der Waals surface area contributed by atoms with Crippen molar-refractivity contribution in [3.63, 3.8) is 0 Å². The first-order chi connectivity index (χ1) is 10.0. The van der Waals surface area contributed by atoms with E-state index in [4.69, 9.17) is 0 Å². The Bertz CT molecular complexity index is 539. The normalized spacial score (nSPS) is 18.0. The lowest BCUT2D eigenvalue weighted by Crippen LogP contribution is -2.53. The van der Waals surface area contributed by atoms with Gasteiger partial charge in [0.25, 0.3) is 0 Å². The molecule has 0 radical (unpaired) electrons. The van der Waals surface area contributed by atoms with E-state index in [2.05, 4.69) is 22.4 Å². The van der Waals surface area contributed by atoms with Crippen molar-refractivity contribution >= 4 is 5.91 Å². The Labute approximate surface area is 126 Å². The quantitative estimate of drug-likeness (QED) is 0.921. The van der Waals surface area contributed by atoms with E-state index in [1.165, 1.54) is 11.1 Å². The van der Waals surface area contributed by atoms with Crippen LogP contribution < -0.4 is 5.32 Å². The second-order valence-electron chi connectivity index (χ2n) is 6.03. The predicted octanol–water partition coefficient (Wildman–Crippen LogP) is 2.03. The van der Waals surface area contributed by atoms with Crippen molar-refractivity contribution in [3.8, 4) is 6.07 Å². The van der Waals surface area contributed by atoms with Gasteiger partial charge in [-0.05, 0) is 38.8 Å². The van der Waals surface area contributed by atoms with Gasteiger partial charge in [-0.25, -0.2) is 0 Å². The molecule has 1 saturated heterocycles. The molecule has 0 unspecified atom stereocenters. The number of piperidine rings is 1. The lowest BCUT2D eigenvalue weighted by atomic mass is 9.89. The molecule has 21 heavy (non-hydrogen) atoms. The third-order valence-electron chi connectivity index (χ3n) is 4.16. The molecule has 1 heterocycles. The maximum Gasteiger partial charge on any atom is 0.221 e. The highest BCUT2D eigenvalue weighted by Gasteiger charge is 2.34. The van der Waals surface area contributed by atoms with Gasteiger partial charge in [-0.2, -0.15) is 5.26 Å². The molecule has 0 aliphatic carbocycles. The molecule has 1 N–H and O–H groups in total. The summed E-state index contributed by atoms with van der Waals surface area (Å²) in [7, 11) is 2.04. The number of hydrogen-bond donors (Lipinski definition) is 1. The number of nitrogens with one attached hydrogen (secondary N) is 1. The zero-order chi connectivity index (χ0) is 15.3. The summed E-state index contributed by atoms with van der Waals surface area (Å²) in [5, 5.41) is 12.4. The van der Waals surface area contributed by atoms with Crippen LogP contribution in [0.4, 0.5) is 0 Å². The Morgan fingerprint density at radius 2 is 2.14 bits per heavy atom. The summed E-state index contributed by atoms with van der Waals surface area (Å²) in [6, 6.07) is 10.5. The van der Waals surface area contributed by atoms with Gasteiger partial charge in [0.1, 0.15) is 5.54 Å². The van der Waals surface area contributed by atoms with Gasteiger partial charge in [-0.15, -0.1) is 0 Å². The predicted molar refractivity (Wildman–Crippen MR) is 82.7 cm³/mol. The maximum absolute atomic E-state index is 12.1.